The number of nitrogens with one attached hydrogen (secondary N) is 1. The van der Waals surface area contributed by atoms with Gasteiger partial charge >= 0.3 is 0 Å². The molecule has 1 N–H and O–H groups in total. The van der Waals surface area contributed by atoms with E-state index in [4.69, 9.17) is 9.47 Å². The molecule has 0 bridgehead atoms. The third-order valence-electron chi connectivity index (χ3n) is 4.31. The molecule has 0 spiro atoms. The molecule has 1 aliphatic rings. The van der Waals surface area contributed by atoms with E-state index in [-0.39, 0.29) is 5.78 Å². The lowest BCUT2D eigenvalue weighted by Gasteiger charge is -2.32. The monoisotopic (exact) mass is 320 g/mol. The number of carbonyl (C=O) groups is 1. The third-order valence-corrected chi connectivity index (χ3v) is 4.31. The quantitative estimate of drug-likeness (QED) is 0.589. The van der Waals surface area contributed by atoms with Gasteiger partial charge in [0.2, 0.25) is 0 Å². The Bertz CT molecular complexity index is 476. The van der Waals surface area contributed by atoms with Gasteiger partial charge in [0.25, 0.3) is 0 Å². The van der Waals surface area contributed by atoms with Crippen LogP contribution in [0.15, 0.2) is 24.3 Å². The van der Waals surface area contributed by atoms with E-state index in [2.05, 4.69) is 13.8 Å². The highest BCUT2D eigenvalue weighted by atomic mass is 16.5. The van der Waals surface area contributed by atoms with Crippen molar-refractivity contribution in [1.82, 2.24) is 0 Å². The van der Waals surface area contributed by atoms with Crippen molar-refractivity contribution in [2.45, 2.75) is 52.2 Å². The molecule has 0 saturated carbocycles. The number of Topliss-reactive ketones (excluding diaryl/α,β-unsaturated/α-hetero) is 1. The van der Waals surface area contributed by atoms with Gasteiger partial charge in [-0.1, -0.05) is 6.92 Å². The highest BCUT2D eigenvalue weighted by Crippen LogP contribution is 2.13. The van der Waals surface area contributed by atoms with E-state index in [1.54, 1.807) is 4.90 Å². The number of unbranched alkanes of at least 4 members (excludes halogenated alkanes) is 1. The van der Waals surface area contributed by atoms with E-state index in [0.717, 1.165) is 37.4 Å². The molecule has 2 rings (SSSR count). The van der Waals surface area contributed by atoms with E-state index in [1.807, 2.05) is 31.2 Å². The normalized spacial score (nSPS) is 24.4. The van der Waals surface area contributed by atoms with Crippen LogP contribution in [0.2, 0.25) is 0 Å². The van der Waals surface area contributed by atoms with Crippen LogP contribution in [-0.4, -0.2) is 44.2 Å². The fourth-order valence-electron chi connectivity index (χ4n) is 3.20. The van der Waals surface area contributed by atoms with Gasteiger partial charge < -0.3 is 14.4 Å². The first-order valence-corrected chi connectivity index (χ1v) is 8.83. The van der Waals surface area contributed by atoms with Crippen molar-refractivity contribution in [2.24, 2.45) is 0 Å². The van der Waals surface area contributed by atoms with Crippen molar-refractivity contribution < 1.29 is 19.2 Å². The first-order valence-electron chi connectivity index (χ1n) is 8.83. The lowest BCUT2D eigenvalue weighted by atomic mass is 10.1. The van der Waals surface area contributed by atoms with Gasteiger partial charge in [0.05, 0.1) is 13.2 Å². The summed E-state index contributed by atoms with van der Waals surface area (Å²) in [5.74, 6) is 1.02. The molecule has 128 valence electrons. The van der Waals surface area contributed by atoms with Gasteiger partial charge in [-0.25, -0.2) is 0 Å². The molecule has 1 saturated heterocycles. The summed E-state index contributed by atoms with van der Waals surface area (Å²) in [4.78, 5) is 13.2. The number of hydrogen-bond acceptors (Lipinski definition) is 3. The number of morpholine rings is 1. The molecule has 0 aromatic heterocycles. The average Bonchev–Trinajstić information content (AvgIpc) is 2.53. The van der Waals surface area contributed by atoms with E-state index < -0.39 is 0 Å². The molecule has 0 radical (unpaired) electrons. The Morgan fingerprint density at radius 2 is 1.83 bits per heavy atom. The van der Waals surface area contributed by atoms with Crippen LogP contribution in [0.3, 0.4) is 0 Å². The third kappa shape index (κ3) is 5.96. The molecule has 0 amide bonds. The van der Waals surface area contributed by atoms with E-state index >= 15 is 0 Å². The minimum atomic E-state index is 0.175. The van der Waals surface area contributed by atoms with Crippen molar-refractivity contribution in [2.75, 3.05) is 26.2 Å². The lowest BCUT2D eigenvalue weighted by Crippen LogP contribution is -3.15. The van der Waals surface area contributed by atoms with E-state index in [1.165, 1.54) is 13.0 Å². The first kappa shape index (κ1) is 18.0. The van der Waals surface area contributed by atoms with Crippen LogP contribution in [0.1, 0.15) is 50.4 Å². The minimum absolute atomic E-state index is 0.175. The van der Waals surface area contributed by atoms with Crippen molar-refractivity contribution in [3.63, 3.8) is 0 Å². The Hall–Kier alpha value is -1.39. The number of rotatable bonds is 8. The van der Waals surface area contributed by atoms with Crippen molar-refractivity contribution in [3.8, 4) is 5.75 Å². The van der Waals surface area contributed by atoms with Gasteiger partial charge in [-0.05, 0) is 51.0 Å². The predicted molar refractivity (Wildman–Crippen MR) is 91.4 cm³/mol. The molecule has 23 heavy (non-hydrogen) atoms. The second-order valence-electron chi connectivity index (χ2n) is 6.52. The molecule has 4 nitrogen and oxygen atoms in total. The number of benzene rings is 1. The highest BCUT2D eigenvalue weighted by Gasteiger charge is 2.24. The smallest absolute Gasteiger partial charge is 0.162 e. The zero-order chi connectivity index (χ0) is 16.7. The second kappa shape index (κ2) is 9.04. The molecule has 1 aromatic carbocycles. The molecule has 1 fully saturated rings. The number of carbonyl (C=O) groups excluding carboxylic acids is 1. The van der Waals surface area contributed by atoms with Crippen LogP contribution in [0.5, 0.6) is 5.75 Å². The summed E-state index contributed by atoms with van der Waals surface area (Å²) in [5.41, 5.74) is 0.763. The Balaban J connectivity index is 1.63. The number of ketones is 1. The second-order valence-corrected chi connectivity index (χ2v) is 6.52. The van der Waals surface area contributed by atoms with Crippen molar-refractivity contribution in [3.05, 3.63) is 29.8 Å². The van der Waals surface area contributed by atoms with E-state index in [9.17, 15) is 4.79 Å². The largest absolute Gasteiger partial charge is 0.494 e. The van der Waals surface area contributed by atoms with Crippen LogP contribution in [0.4, 0.5) is 0 Å². The fraction of sp³-hybridized carbons (Fsp3) is 0.632. The summed E-state index contributed by atoms with van der Waals surface area (Å²) in [6.07, 6.45) is 3.51. The molecule has 2 atom stereocenters. The summed E-state index contributed by atoms with van der Waals surface area (Å²) < 4.78 is 11.5. The number of quaternary nitrogens is 1. The van der Waals surface area contributed by atoms with Crippen molar-refractivity contribution in [1.29, 1.82) is 0 Å². The van der Waals surface area contributed by atoms with Gasteiger partial charge in [0.1, 0.15) is 31.0 Å². The maximum absolute atomic E-state index is 11.6. The fourth-order valence-corrected chi connectivity index (χ4v) is 3.20. The highest BCUT2D eigenvalue weighted by molar-refractivity contribution is 5.95. The molecule has 0 aliphatic carbocycles. The number of ether oxygens (including phenoxy) is 2. The summed E-state index contributed by atoms with van der Waals surface area (Å²) in [7, 11) is 0. The topological polar surface area (TPSA) is 40.0 Å². The van der Waals surface area contributed by atoms with Gasteiger partial charge in [0, 0.05) is 12.0 Å². The molecule has 0 unspecified atom stereocenters. The summed E-state index contributed by atoms with van der Waals surface area (Å²) in [5, 5.41) is 0. The van der Waals surface area contributed by atoms with Gasteiger partial charge in [-0.15, -0.1) is 0 Å². The average molecular weight is 320 g/mol. The molecular formula is C19H30NO3+. The van der Waals surface area contributed by atoms with Gasteiger partial charge in [-0.2, -0.15) is 0 Å². The van der Waals surface area contributed by atoms with E-state index in [0.29, 0.717) is 18.6 Å². The lowest BCUT2D eigenvalue weighted by molar-refractivity contribution is -0.915. The first-order chi connectivity index (χ1) is 11.1. The molecule has 4 heteroatoms. The van der Waals surface area contributed by atoms with Crippen LogP contribution in [-0.2, 0) is 4.74 Å². The molecule has 1 aromatic rings. The van der Waals surface area contributed by atoms with Crippen LogP contribution in [0.25, 0.3) is 0 Å². The maximum atomic E-state index is 11.6. The van der Waals surface area contributed by atoms with Crippen molar-refractivity contribution >= 4 is 5.78 Å². The molecule has 1 aliphatic heterocycles. The van der Waals surface area contributed by atoms with Gasteiger partial charge in [-0.3, -0.25) is 4.79 Å². The maximum Gasteiger partial charge on any atom is 0.162 e. The van der Waals surface area contributed by atoms with Crippen LogP contribution < -0.4 is 9.64 Å². The number of hydrogen-bond donors (Lipinski definition) is 1. The Labute approximate surface area is 139 Å². The summed E-state index contributed by atoms with van der Waals surface area (Å²) >= 11 is 0. The zero-order valence-electron chi connectivity index (χ0n) is 14.6. The summed E-state index contributed by atoms with van der Waals surface area (Å²) in [6, 6.07) is 7.47. The Morgan fingerprint density at radius 1 is 1.17 bits per heavy atom. The molecular weight excluding hydrogens is 290 g/mol. The van der Waals surface area contributed by atoms with Gasteiger partial charge in [0.15, 0.2) is 5.78 Å². The van der Waals surface area contributed by atoms with Crippen LogP contribution in [0, 0.1) is 0 Å². The summed E-state index contributed by atoms with van der Waals surface area (Å²) in [6.45, 7) is 10.3. The SMILES string of the molecule is CCC(=O)c1ccc(OCCCC[NH+]2C[C@H](C)O[C@@H](C)C2)cc1. The Kier molecular flexibility index (Phi) is 7.06. The molecule has 1 heterocycles. The minimum Gasteiger partial charge on any atom is -0.494 e. The Morgan fingerprint density at radius 3 is 2.43 bits per heavy atom. The zero-order valence-corrected chi connectivity index (χ0v) is 14.6. The standard InChI is InChI=1S/C19H29NO3/c1-4-19(21)17-7-9-18(10-8-17)22-12-6-5-11-20-13-15(2)23-16(3)14-20/h7-10,15-16H,4-6,11-14H2,1-3H3/p+1/t15-,16-/m0/s1. The van der Waals surface area contributed by atoms with Crippen LogP contribution >= 0.6 is 0 Å². The predicted octanol–water partition coefficient (Wildman–Crippen LogP) is 2.13.